The van der Waals surface area contributed by atoms with Crippen molar-refractivity contribution in [3.63, 3.8) is 0 Å². The molecule has 1 aromatic heterocycles. The van der Waals surface area contributed by atoms with Crippen molar-refractivity contribution in [2.24, 2.45) is 0 Å². The predicted molar refractivity (Wildman–Crippen MR) is 75.3 cm³/mol. The van der Waals surface area contributed by atoms with Crippen LogP contribution >= 0.6 is 0 Å². The van der Waals surface area contributed by atoms with E-state index in [0.29, 0.717) is 12.8 Å². The Kier molecular flexibility index (Phi) is 3.54. The topological polar surface area (TPSA) is 48.3 Å². The van der Waals surface area contributed by atoms with Gasteiger partial charge in [0, 0.05) is 18.1 Å². The Morgan fingerprint density at radius 2 is 2.10 bits per heavy atom. The number of hydrogen-bond acceptors (Lipinski definition) is 3. The predicted octanol–water partition coefficient (Wildman–Crippen LogP) is 2.70. The van der Waals surface area contributed by atoms with Crippen LogP contribution in [0.15, 0.2) is 36.5 Å². The fraction of sp³-hybridized carbons (Fsp3) is 0.375. The van der Waals surface area contributed by atoms with Gasteiger partial charge in [0.25, 0.3) is 0 Å². The van der Waals surface area contributed by atoms with E-state index in [0.717, 1.165) is 23.7 Å². The summed E-state index contributed by atoms with van der Waals surface area (Å²) in [6, 6.07) is 9.84. The molecule has 0 spiro atoms. The third-order valence-corrected chi connectivity index (χ3v) is 3.75. The van der Waals surface area contributed by atoms with E-state index in [2.05, 4.69) is 0 Å². The second-order valence-electron chi connectivity index (χ2n) is 5.19. The molecule has 4 nitrogen and oxygen atoms in total. The summed E-state index contributed by atoms with van der Waals surface area (Å²) in [5, 5.41) is 1.09. The van der Waals surface area contributed by atoms with Crippen LogP contribution in [0.25, 0.3) is 10.9 Å². The van der Waals surface area contributed by atoms with Crippen molar-refractivity contribution in [1.29, 1.82) is 0 Å². The molecule has 2 aromatic rings. The Hall–Kier alpha value is -2.10. The molecule has 104 valence electrons. The number of rotatable bonds is 3. The summed E-state index contributed by atoms with van der Waals surface area (Å²) in [5.41, 5.74) is 0.999. The number of carbonyl (C=O) groups excluding carboxylic acids is 2. The summed E-state index contributed by atoms with van der Waals surface area (Å²) in [6.45, 7) is 0.150. The zero-order chi connectivity index (χ0) is 13.9. The highest BCUT2D eigenvalue weighted by Gasteiger charge is 2.25. The first-order valence-electron chi connectivity index (χ1n) is 7.00. The molecule has 0 aliphatic heterocycles. The van der Waals surface area contributed by atoms with Gasteiger partial charge < -0.3 is 9.30 Å². The molecule has 20 heavy (non-hydrogen) atoms. The van der Waals surface area contributed by atoms with E-state index >= 15 is 0 Å². The van der Waals surface area contributed by atoms with Crippen LogP contribution in [0.2, 0.25) is 0 Å². The van der Waals surface area contributed by atoms with Gasteiger partial charge in [-0.3, -0.25) is 9.59 Å². The lowest BCUT2D eigenvalue weighted by Gasteiger charge is -2.20. The van der Waals surface area contributed by atoms with Gasteiger partial charge in [0.2, 0.25) is 0 Å². The van der Waals surface area contributed by atoms with Crippen LogP contribution in [-0.2, 0) is 20.9 Å². The number of aromatic nitrogens is 1. The number of ketones is 1. The minimum absolute atomic E-state index is 0.0574. The van der Waals surface area contributed by atoms with Crippen LogP contribution in [0.5, 0.6) is 0 Å². The second-order valence-corrected chi connectivity index (χ2v) is 5.19. The number of Topliss-reactive ketones (excluding diaryl/α,β-unsaturated/α-hetero) is 1. The Morgan fingerprint density at radius 3 is 2.95 bits per heavy atom. The third-order valence-electron chi connectivity index (χ3n) is 3.75. The number of ether oxygens (including phenoxy) is 1. The van der Waals surface area contributed by atoms with Gasteiger partial charge >= 0.3 is 5.97 Å². The van der Waals surface area contributed by atoms with Gasteiger partial charge in [-0.1, -0.05) is 18.2 Å². The van der Waals surface area contributed by atoms with Crippen LogP contribution in [-0.4, -0.2) is 22.4 Å². The van der Waals surface area contributed by atoms with Gasteiger partial charge in [-0.05, 0) is 36.8 Å². The maximum absolute atomic E-state index is 12.0. The van der Waals surface area contributed by atoms with Gasteiger partial charge in [-0.15, -0.1) is 0 Å². The third kappa shape index (κ3) is 2.59. The maximum atomic E-state index is 12.0. The summed E-state index contributed by atoms with van der Waals surface area (Å²) >= 11 is 0. The van der Waals surface area contributed by atoms with Crippen molar-refractivity contribution in [2.45, 2.75) is 38.3 Å². The fourth-order valence-electron chi connectivity index (χ4n) is 2.69. The lowest BCUT2D eigenvalue weighted by Crippen LogP contribution is -2.31. The Morgan fingerprint density at radius 1 is 1.25 bits per heavy atom. The molecule has 0 bridgehead atoms. The van der Waals surface area contributed by atoms with Crippen LogP contribution < -0.4 is 0 Å². The molecule has 3 rings (SSSR count). The molecule has 1 aliphatic rings. The highest BCUT2D eigenvalue weighted by molar-refractivity contribution is 5.86. The average Bonchev–Trinajstić information content (AvgIpc) is 2.85. The maximum Gasteiger partial charge on any atom is 0.326 e. The monoisotopic (exact) mass is 271 g/mol. The van der Waals surface area contributed by atoms with E-state index in [1.54, 1.807) is 0 Å². The van der Waals surface area contributed by atoms with E-state index in [1.807, 2.05) is 41.1 Å². The van der Waals surface area contributed by atoms with E-state index in [9.17, 15) is 9.59 Å². The standard InChI is InChI=1S/C16H17NO3/c18-14-7-3-4-8-15(14)20-16(19)11-17-10-9-12-5-1-2-6-13(12)17/h1-2,5-6,9-10,15H,3-4,7-8,11H2. The number of hydrogen-bond donors (Lipinski definition) is 0. The minimum Gasteiger partial charge on any atom is -0.453 e. The van der Waals surface area contributed by atoms with Crippen molar-refractivity contribution in [3.8, 4) is 0 Å². The Bertz CT molecular complexity index is 644. The van der Waals surface area contributed by atoms with E-state index < -0.39 is 6.10 Å². The second kappa shape index (κ2) is 5.49. The first-order valence-corrected chi connectivity index (χ1v) is 7.00. The van der Waals surface area contributed by atoms with Crippen molar-refractivity contribution in [2.75, 3.05) is 0 Å². The summed E-state index contributed by atoms with van der Waals surface area (Å²) in [7, 11) is 0. The molecule has 1 atom stereocenters. The smallest absolute Gasteiger partial charge is 0.326 e. The summed E-state index contributed by atoms with van der Waals surface area (Å²) in [5.74, 6) is -0.284. The largest absolute Gasteiger partial charge is 0.453 e. The molecule has 1 saturated carbocycles. The van der Waals surface area contributed by atoms with E-state index in [4.69, 9.17) is 4.74 Å². The lowest BCUT2D eigenvalue weighted by atomic mass is 9.96. The molecular formula is C16H17NO3. The van der Waals surface area contributed by atoms with E-state index in [1.165, 1.54) is 0 Å². The van der Waals surface area contributed by atoms with Gasteiger partial charge in [0.15, 0.2) is 11.9 Å². The number of carbonyl (C=O) groups is 2. The Balaban J connectivity index is 1.68. The van der Waals surface area contributed by atoms with Crippen LogP contribution in [0.4, 0.5) is 0 Å². The van der Waals surface area contributed by atoms with Crippen molar-refractivity contribution >= 4 is 22.7 Å². The first-order chi connectivity index (χ1) is 9.74. The molecule has 1 unspecified atom stereocenters. The number of nitrogens with zero attached hydrogens (tertiary/aromatic N) is 1. The first kappa shape index (κ1) is 12.9. The highest BCUT2D eigenvalue weighted by Crippen LogP contribution is 2.19. The van der Waals surface area contributed by atoms with Crippen LogP contribution in [0.1, 0.15) is 25.7 Å². The van der Waals surface area contributed by atoms with Crippen LogP contribution in [0, 0.1) is 0 Å². The fourth-order valence-corrected chi connectivity index (χ4v) is 2.69. The summed E-state index contributed by atoms with van der Waals surface area (Å²) in [6.07, 6.45) is 4.40. The molecule has 0 N–H and O–H groups in total. The van der Waals surface area contributed by atoms with Gasteiger partial charge in [0.1, 0.15) is 6.54 Å². The molecule has 4 heteroatoms. The zero-order valence-electron chi connectivity index (χ0n) is 11.2. The highest BCUT2D eigenvalue weighted by atomic mass is 16.5. The Labute approximate surface area is 117 Å². The molecule has 1 fully saturated rings. The van der Waals surface area contributed by atoms with Crippen molar-refractivity contribution < 1.29 is 14.3 Å². The van der Waals surface area contributed by atoms with Crippen LogP contribution in [0.3, 0.4) is 0 Å². The van der Waals surface area contributed by atoms with E-state index in [-0.39, 0.29) is 18.3 Å². The number of benzene rings is 1. The quantitative estimate of drug-likeness (QED) is 0.806. The lowest BCUT2D eigenvalue weighted by molar-refractivity contribution is -0.157. The average molecular weight is 271 g/mol. The summed E-state index contributed by atoms with van der Waals surface area (Å²) < 4.78 is 7.17. The molecule has 0 amide bonds. The normalized spacial score (nSPS) is 19.2. The molecule has 0 saturated heterocycles. The van der Waals surface area contributed by atoms with Crippen molar-refractivity contribution in [3.05, 3.63) is 36.5 Å². The van der Waals surface area contributed by atoms with Crippen molar-refractivity contribution in [1.82, 2.24) is 4.57 Å². The molecule has 0 radical (unpaired) electrons. The minimum atomic E-state index is -0.530. The molecule has 1 heterocycles. The molecule has 1 aliphatic carbocycles. The number of para-hydroxylation sites is 1. The molecular weight excluding hydrogens is 254 g/mol. The number of fused-ring (bicyclic) bond motifs is 1. The molecule has 1 aromatic carbocycles. The van der Waals surface area contributed by atoms with Gasteiger partial charge in [0.05, 0.1) is 0 Å². The number of esters is 1. The zero-order valence-corrected chi connectivity index (χ0v) is 11.2. The van der Waals surface area contributed by atoms with Gasteiger partial charge in [-0.2, -0.15) is 0 Å². The SMILES string of the molecule is O=C(Cn1ccc2ccccc21)OC1CCCCC1=O. The van der Waals surface area contributed by atoms with Gasteiger partial charge in [-0.25, -0.2) is 0 Å². The summed E-state index contributed by atoms with van der Waals surface area (Å²) in [4.78, 5) is 23.6.